The third-order valence-electron chi connectivity index (χ3n) is 9.80. The summed E-state index contributed by atoms with van der Waals surface area (Å²) in [7, 11) is -4.37. The maximum Gasteiger partial charge on any atom is 0.293 e. The molecule has 0 aliphatic heterocycles. The molecular formula is C31H32N4O5S2. The van der Waals surface area contributed by atoms with Crippen LogP contribution in [-0.2, 0) is 10.0 Å². The number of aryl methyl sites for hydroxylation is 1. The number of sulfonamides is 1. The van der Waals surface area contributed by atoms with Crippen molar-refractivity contribution in [2.24, 2.45) is 16.7 Å². The van der Waals surface area contributed by atoms with Crippen LogP contribution in [0.3, 0.4) is 0 Å². The van der Waals surface area contributed by atoms with Crippen LogP contribution in [0.4, 0.5) is 11.4 Å². The third-order valence-corrected chi connectivity index (χ3v) is 12.1. The topological polar surface area (TPSA) is 131 Å². The monoisotopic (exact) mass is 604 g/mol. The molecule has 42 heavy (non-hydrogen) atoms. The van der Waals surface area contributed by atoms with Gasteiger partial charge in [-0.05, 0) is 90.5 Å². The van der Waals surface area contributed by atoms with Crippen LogP contribution in [0.1, 0.15) is 55.4 Å². The van der Waals surface area contributed by atoms with E-state index in [0.717, 1.165) is 51.7 Å². The molecular weight excluding hydrogens is 572 g/mol. The van der Waals surface area contributed by atoms with Crippen molar-refractivity contribution in [2.75, 3.05) is 5.32 Å². The fourth-order valence-corrected chi connectivity index (χ4v) is 8.64. The number of fused-ring (bicyclic) bond motifs is 3. The second kappa shape index (κ2) is 9.88. The van der Waals surface area contributed by atoms with Crippen molar-refractivity contribution in [3.05, 3.63) is 81.3 Å². The summed E-state index contributed by atoms with van der Waals surface area (Å²) in [6.07, 6.45) is 3.09. The highest BCUT2D eigenvalue weighted by Crippen LogP contribution is 2.66. The van der Waals surface area contributed by atoms with Gasteiger partial charge in [0.15, 0.2) is 0 Å². The number of anilines is 1. The lowest BCUT2D eigenvalue weighted by molar-refractivity contribution is -0.384. The van der Waals surface area contributed by atoms with Crippen LogP contribution in [0.2, 0.25) is 0 Å². The van der Waals surface area contributed by atoms with Gasteiger partial charge in [-0.3, -0.25) is 14.9 Å². The first-order valence-electron chi connectivity index (χ1n) is 13.9. The average molecular weight is 605 g/mol. The number of nitrogens with zero attached hydrogens (tertiary/aromatic N) is 2. The van der Waals surface area contributed by atoms with E-state index < -0.39 is 20.9 Å². The fourth-order valence-electron chi connectivity index (χ4n) is 6.84. The molecule has 218 valence electrons. The van der Waals surface area contributed by atoms with E-state index in [2.05, 4.69) is 35.8 Å². The lowest BCUT2D eigenvalue weighted by Crippen LogP contribution is -2.40. The first kappa shape index (κ1) is 28.3. The minimum Gasteiger partial charge on any atom is -0.376 e. The highest BCUT2D eigenvalue weighted by Gasteiger charge is 2.61. The van der Waals surface area contributed by atoms with Gasteiger partial charge in [0.05, 0.1) is 25.0 Å². The highest BCUT2D eigenvalue weighted by atomic mass is 32.2. The molecule has 0 saturated heterocycles. The van der Waals surface area contributed by atoms with E-state index in [9.17, 15) is 23.3 Å². The summed E-state index contributed by atoms with van der Waals surface area (Å²) < 4.78 is 29.4. The number of hydrogen-bond acceptors (Lipinski definition) is 8. The number of carbonyl (C=O) groups excluding carboxylic acids is 1. The molecule has 0 spiro atoms. The number of aromatic nitrogens is 1. The summed E-state index contributed by atoms with van der Waals surface area (Å²) in [5.74, 6) is -0.289. The van der Waals surface area contributed by atoms with Crippen LogP contribution in [0, 0.1) is 33.8 Å². The number of rotatable bonds is 7. The number of nitrogens with one attached hydrogen (secondary N) is 2. The molecule has 2 fully saturated rings. The molecule has 3 aromatic carbocycles. The number of carbonyl (C=O) groups is 1. The zero-order valence-electron chi connectivity index (χ0n) is 23.8. The minimum atomic E-state index is -4.37. The normalized spacial score (nSPS) is 22.8. The Labute approximate surface area is 248 Å². The number of nitro groups is 1. The average Bonchev–Trinajstić information content (AvgIpc) is 3.49. The number of hydrogen-bond donors (Lipinski definition) is 2. The number of benzene rings is 3. The Morgan fingerprint density at radius 2 is 1.76 bits per heavy atom. The molecule has 3 atom stereocenters. The SMILES string of the molecule is Cc1nc2cc(-c3ccc(C(=O)NS(=O)(=O)c4ccc(NC5CC6CCC5(C)C6(C)C)c([N+](=O)[O-])c4)cc3)ccc2s1. The molecule has 2 N–H and O–H groups in total. The molecule has 3 unspecified atom stereocenters. The Kier molecular flexibility index (Phi) is 6.65. The summed E-state index contributed by atoms with van der Waals surface area (Å²) in [4.78, 5) is 28.5. The van der Waals surface area contributed by atoms with E-state index in [1.807, 2.05) is 25.1 Å². The van der Waals surface area contributed by atoms with Gasteiger partial charge in [-0.1, -0.05) is 39.0 Å². The second-order valence-corrected chi connectivity index (χ2v) is 15.1. The number of nitro benzene ring substituents is 1. The van der Waals surface area contributed by atoms with E-state index in [4.69, 9.17) is 0 Å². The zero-order chi connectivity index (χ0) is 30.0. The van der Waals surface area contributed by atoms with Gasteiger partial charge in [0.2, 0.25) is 0 Å². The molecule has 4 aromatic rings. The van der Waals surface area contributed by atoms with E-state index in [1.54, 1.807) is 35.6 Å². The molecule has 1 amide bonds. The quantitative estimate of drug-likeness (QED) is 0.173. The summed E-state index contributed by atoms with van der Waals surface area (Å²) in [5, 5.41) is 16.3. The van der Waals surface area contributed by atoms with E-state index in [1.165, 1.54) is 12.1 Å². The molecule has 2 bridgehead atoms. The van der Waals surface area contributed by atoms with Crippen molar-refractivity contribution >= 4 is 48.9 Å². The number of thiazole rings is 1. The van der Waals surface area contributed by atoms with Crippen LogP contribution in [0.15, 0.2) is 65.6 Å². The largest absolute Gasteiger partial charge is 0.376 e. The summed E-state index contributed by atoms with van der Waals surface area (Å²) in [5.41, 5.74) is 2.85. The van der Waals surface area contributed by atoms with Gasteiger partial charge in [-0.2, -0.15) is 0 Å². The molecule has 2 aliphatic rings. The van der Waals surface area contributed by atoms with Gasteiger partial charge in [-0.15, -0.1) is 11.3 Å². The lowest BCUT2D eigenvalue weighted by Gasteiger charge is -2.39. The van der Waals surface area contributed by atoms with Crippen molar-refractivity contribution in [1.82, 2.24) is 9.71 Å². The smallest absolute Gasteiger partial charge is 0.293 e. The Morgan fingerprint density at radius 1 is 1.05 bits per heavy atom. The predicted molar refractivity (Wildman–Crippen MR) is 164 cm³/mol. The second-order valence-electron chi connectivity index (χ2n) is 12.2. The number of amides is 1. The van der Waals surface area contributed by atoms with Crippen LogP contribution in [0.5, 0.6) is 0 Å². The molecule has 2 saturated carbocycles. The Morgan fingerprint density at radius 3 is 2.40 bits per heavy atom. The van der Waals surface area contributed by atoms with Gasteiger partial charge >= 0.3 is 0 Å². The minimum absolute atomic E-state index is 0.0214. The molecule has 2 aliphatic carbocycles. The van der Waals surface area contributed by atoms with E-state index in [0.29, 0.717) is 5.92 Å². The maximum atomic E-state index is 13.1. The molecule has 0 radical (unpaired) electrons. The van der Waals surface area contributed by atoms with Crippen molar-refractivity contribution in [1.29, 1.82) is 0 Å². The van der Waals surface area contributed by atoms with Gasteiger partial charge in [0, 0.05) is 17.7 Å². The lowest BCUT2D eigenvalue weighted by atomic mass is 9.69. The zero-order valence-corrected chi connectivity index (χ0v) is 25.4. The van der Waals surface area contributed by atoms with E-state index in [-0.39, 0.29) is 38.7 Å². The summed E-state index contributed by atoms with van der Waals surface area (Å²) >= 11 is 1.62. The molecule has 9 nitrogen and oxygen atoms in total. The van der Waals surface area contributed by atoms with Gasteiger partial charge < -0.3 is 5.32 Å². The molecule has 6 rings (SSSR count). The van der Waals surface area contributed by atoms with Crippen molar-refractivity contribution in [3.63, 3.8) is 0 Å². The van der Waals surface area contributed by atoms with Crippen LogP contribution >= 0.6 is 11.3 Å². The van der Waals surface area contributed by atoms with Crippen molar-refractivity contribution in [2.45, 2.75) is 57.9 Å². The Hall–Kier alpha value is -3.83. The van der Waals surface area contributed by atoms with E-state index >= 15 is 0 Å². The van der Waals surface area contributed by atoms with Crippen LogP contribution in [0.25, 0.3) is 21.3 Å². The van der Waals surface area contributed by atoms with Crippen LogP contribution in [-0.4, -0.2) is 30.3 Å². The first-order chi connectivity index (χ1) is 19.8. The molecule has 1 aromatic heterocycles. The Bertz CT molecular complexity index is 1850. The molecule has 1 heterocycles. The first-order valence-corrected chi connectivity index (χ1v) is 16.2. The summed E-state index contributed by atoms with van der Waals surface area (Å²) in [6.45, 7) is 8.70. The van der Waals surface area contributed by atoms with Crippen molar-refractivity contribution < 1.29 is 18.1 Å². The predicted octanol–water partition coefficient (Wildman–Crippen LogP) is 6.93. The molecule has 11 heteroatoms. The van der Waals surface area contributed by atoms with Gasteiger partial charge in [0.25, 0.3) is 21.6 Å². The maximum absolute atomic E-state index is 13.1. The van der Waals surface area contributed by atoms with Crippen molar-refractivity contribution in [3.8, 4) is 11.1 Å². The third kappa shape index (κ3) is 4.64. The highest BCUT2D eigenvalue weighted by molar-refractivity contribution is 7.90. The van der Waals surface area contributed by atoms with Gasteiger partial charge in [-0.25, -0.2) is 18.1 Å². The van der Waals surface area contributed by atoms with Crippen LogP contribution < -0.4 is 10.0 Å². The standard InChI is InChI=1S/C31H32N4O5S2/c1-18-32-25-15-21(9-12-27(25)41-18)19-5-7-20(8-6-19)29(36)34-42(39,40)23-10-11-24(26(17-23)35(37)38)33-28-16-22-13-14-31(28,4)30(22,2)3/h5-12,15,17,22,28,33H,13-14,16H2,1-4H3,(H,34,36). The summed E-state index contributed by atoms with van der Waals surface area (Å²) in [6, 6.07) is 16.3. The Balaban J connectivity index is 1.19. The fraction of sp³-hybridized carbons (Fsp3) is 0.355. The van der Waals surface area contributed by atoms with Gasteiger partial charge in [0.1, 0.15) is 5.69 Å².